The molecule has 0 aliphatic carbocycles. The number of morpholine rings is 1. The molecule has 0 spiro atoms. The zero-order valence-corrected chi connectivity index (χ0v) is 15.1. The molecule has 1 aliphatic heterocycles. The number of anilines is 1. The van der Waals surface area contributed by atoms with Gasteiger partial charge in [0.2, 0.25) is 5.91 Å². The van der Waals surface area contributed by atoms with E-state index in [0.717, 1.165) is 39.3 Å². The maximum absolute atomic E-state index is 12.1. The van der Waals surface area contributed by atoms with Crippen LogP contribution in [0.5, 0.6) is 5.75 Å². The fourth-order valence-corrected chi connectivity index (χ4v) is 2.72. The number of nitrogens with one attached hydrogen (secondary N) is 2. The summed E-state index contributed by atoms with van der Waals surface area (Å²) in [5.74, 6) is -0.683. The van der Waals surface area contributed by atoms with Gasteiger partial charge in [-0.3, -0.25) is 14.5 Å². The molecule has 3 N–H and O–H groups in total. The summed E-state index contributed by atoms with van der Waals surface area (Å²) in [5, 5.41) is 15.0. The Bertz CT molecular complexity index is 573. The second-order valence-electron chi connectivity index (χ2n) is 6.13. The molecule has 8 nitrogen and oxygen atoms in total. The first-order valence-electron chi connectivity index (χ1n) is 8.78. The summed E-state index contributed by atoms with van der Waals surface area (Å²) < 4.78 is 10.4. The second-order valence-corrected chi connectivity index (χ2v) is 6.13. The highest BCUT2D eigenvalue weighted by molar-refractivity contribution is 5.94. The van der Waals surface area contributed by atoms with E-state index in [1.54, 1.807) is 31.4 Å². The molecule has 1 aromatic rings. The molecule has 1 aromatic carbocycles. The van der Waals surface area contributed by atoms with Crippen LogP contribution >= 0.6 is 0 Å². The fourth-order valence-electron chi connectivity index (χ4n) is 2.72. The van der Waals surface area contributed by atoms with Gasteiger partial charge in [-0.05, 0) is 43.8 Å². The number of methoxy groups -OCH3 is 1. The van der Waals surface area contributed by atoms with E-state index in [-0.39, 0.29) is 12.3 Å². The summed E-state index contributed by atoms with van der Waals surface area (Å²) in [7, 11) is 1.57. The van der Waals surface area contributed by atoms with E-state index in [9.17, 15) is 14.7 Å². The Hall–Kier alpha value is -2.16. The Morgan fingerprint density at radius 2 is 1.96 bits per heavy atom. The lowest BCUT2D eigenvalue weighted by atomic mass is 10.2. The highest BCUT2D eigenvalue weighted by atomic mass is 16.5. The van der Waals surface area contributed by atoms with Gasteiger partial charge in [0.25, 0.3) is 0 Å². The minimum absolute atomic E-state index is 0.126. The topological polar surface area (TPSA) is 100 Å². The summed E-state index contributed by atoms with van der Waals surface area (Å²) in [6, 6.07) is 5.98. The summed E-state index contributed by atoms with van der Waals surface area (Å²) >= 11 is 0. The van der Waals surface area contributed by atoms with Crippen molar-refractivity contribution in [2.45, 2.75) is 18.9 Å². The molecule has 144 valence electrons. The highest BCUT2D eigenvalue weighted by Crippen LogP contribution is 2.15. The van der Waals surface area contributed by atoms with Crippen LogP contribution in [-0.4, -0.2) is 74.4 Å². The van der Waals surface area contributed by atoms with Crippen LogP contribution in [0.1, 0.15) is 12.8 Å². The van der Waals surface area contributed by atoms with Crippen molar-refractivity contribution in [2.75, 3.05) is 51.8 Å². The van der Waals surface area contributed by atoms with Crippen LogP contribution in [0, 0.1) is 0 Å². The number of aliphatic carboxylic acids is 1. The number of hydrogen-bond acceptors (Lipinski definition) is 6. The average Bonchev–Trinajstić information content (AvgIpc) is 2.65. The molecule has 2 rings (SSSR count). The predicted molar refractivity (Wildman–Crippen MR) is 97.5 cm³/mol. The van der Waals surface area contributed by atoms with Gasteiger partial charge in [-0.15, -0.1) is 0 Å². The summed E-state index contributed by atoms with van der Waals surface area (Å²) in [6.45, 7) is 4.75. The number of benzene rings is 1. The molecule has 26 heavy (non-hydrogen) atoms. The number of carbonyl (C=O) groups is 2. The maximum atomic E-state index is 12.1. The first kappa shape index (κ1) is 20.2. The van der Waals surface area contributed by atoms with Gasteiger partial charge in [-0.2, -0.15) is 0 Å². The zero-order chi connectivity index (χ0) is 18.8. The molecule has 8 heteroatoms. The molecule has 0 unspecified atom stereocenters. The van der Waals surface area contributed by atoms with E-state index < -0.39 is 12.0 Å². The summed E-state index contributed by atoms with van der Waals surface area (Å²) in [4.78, 5) is 25.8. The van der Waals surface area contributed by atoms with Crippen molar-refractivity contribution in [1.82, 2.24) is 10.2 Å². The molecular formula is C18H27N3O5. The number of carboxylic acid groups (broad SMARTS) is 1. The van der Waals surface area contributed by atoms with Crippen LogP contribution in [-0.2, 0) is 14.3 Å². The van der Waals surface area contributed by atoms with Crippen molar-refractivity contribution >= 4 is 17.6 Å². The third kappa shape index (κ3) is 6.99. The van der Waals surface area contributed by atoms with Crippen LogP contribution in [0.2, 0.25) is 0 Å². The molecule has 1 fully saturated rings. The number of carboxylic acids is 1. The van der Waals surface area contributed by atoms with Gasteiger partial charge < -0.3 is 25.2 Å². The van der Waals surface area contributed by atoms with Crippen LogP contribution in [0.25, 0.3) is 0 Å². The smallest absolute Gasteiger partial charge is 0.321 e. The van der Waals surface area contributed by atoms with Gasteiger partial charge in [-0.1, -0.05) is 0 Å². The van der Waals surface area contributed by atoms with Crippen molar-refractivity contribution in [3.63, 3.8) is 0 Å². The van der Waals surface area contributed by atoms with E-state index in [2.05, 4.69) is 15.5 Å². The maximum Gasteiger partial charge on any atom is 0.321 e. The minimum atomic E-state index is -1.03. The van der Waals surface area contributed by atoms with Crippen molar-refractivity contribution in [3.8, 4) is 5.75 Å². The molecule has 0 aromatic heterocycles. The number of rotatable bonds is 10. The molecular weight excluding hydrogens is 338 g/mol. The van der Waals surface area contributed by atoms with Gasteiger partial charge in [0, 0.05) is 18.8 Å². The van der Waals surface area contributed by atoms with Gasteiger partial charge >= 0.3 is 5.97 Å². The molecule has 1 atom stereocenters. The predicted octanol–water partition coefficient (Wildman–Crippen LogP) is 0.789. The SMILES string of the molecule is COc1ccc(NC(=O)C[C@@H](NCCCN2CCOCC2)C(=O)O)cc1. The number of nitrogens with zero attached hydrogens (tertiary/aromatic N) is 1. The Kier molecular flexibility index (Phi) is 8.33. The van der Waals surface area contributed by atoms with E-state index >= 15 is 0 Å². The van der Waals surface area contributed by atoms with Gasteiger partial charge in [-0.25, -0.2) is 0 Å². The van der Waals surface area contributed by atoms with Crippen molar-refractivity contribution in [3.05, 3.63) is 24.3 Å². The summed E-state index contributed by atoms with van der Waals surface area (Å²) in [5.41, 5.74) is 0.604. The van der Waals surface area contributed by atoms with Gasteiger partial charge in [0.1, 0.15) is 11.8 Å². The van der Waals surface area contributed by atoms with E-state index in [1.807, 2.05) is 0 Å². The van der Waals surface area contributed by atoms with Crippen LogP contribution < -0.4 is 15.4 Å². The van der Waals surface area contributed by atoms with Crippen LogP contribution in [0.4, 0.5) is 5.69 Å². The van der Waals surface area contributed by atoms with Gasteiger partial charge in [0.05, 0.1) is 26.7 Å². The molecule has 1 amide bonds. The minimum Gasteiger partial charge on any atom is -0.497 e. The lowest BCUT2D eigenvalue weighted by molar-refractivity contribution is -0.141. The normalized spacial score (nSPS) is 16.0. The first-order chi connectivity index (χ1) is 12.6. The van der Waals surface area contributed by atoms with Crippen molar-refractivity contribution in [1.29, 1.82) is 0 Å². The Labute approximate surface area is 153 Å². The Balaban J connectivity index is 1.71. The second kappa shape index (κ2) is 10.7. The first-order valence-corrected chi connectivity index (χ1v) is 8.78. The van der Waals surface area contributed by atoms with Gasteiger partial charge in [0.15, 0.2) is 0 Å². The zero-order valence-electron chi connectivity index (χ0n) is 15.1. The lowest BCUT2D eigenvalue weighted by Gasteiger charge is -2.26. The molecule has 1 heterocycles. The third-order valence-corrected chi connectivity index (χ3v) is 4.21. The highest BCUT2D eigenvalue weighted by Gasteiger charge is 2.20. The molecule has 0 bridgehead atoms. The summed E-state index contributed by atoms with van der Waals surface area (Å²) in [6.07, 6.45) is 0.697. The van der Waals surface area contributed by atoms with Crippen molar-refractivity contribution < 1.29 is 24.2 Å². The Morgan fingerprint density at radius 1 is 1.27 bits per heavy atom. The monoisotopic (exact) mass is 365 g/mol. The Morgan fingerprint density at radius 3 is 2.58 bits per heavy atom. The molecule has 0 radical (unpaired) electrons. The van der Waals surface area contributed by atoms with Crippen LogP contribution in [0.15, 0.2) is 24.3 Å². The number of carbonyl (C=O) groups excluding carboxylic acids is 1. The van der Waals surface area contributed by atoms with E-state index in [4.69, 9.17) is 9.47 Å². The standard InChI is InChI=1S/C18H27N3O5/c1-25-15-5-3-14(4-6-15)20-17(22)13-16(18(23)24)19-7-2-8-21-9-11-26-12-10-21/h3-6,16,19H,2,7-13H2,1H3,(H,20,22)(H,23,24)/t16-/m1/s1. The number of amides is 1. The van der Waals surface area contributed by atoms with Crippen molar-refractivity contribution in [2.24, 2.45) is 0 Å². The average molecular weight is 365 g/mol. The van der Waals surface area contributed by atoms with E-state index in [1.165, 1.54) is 0 Å². The fraction of sp³-hybridized carbons (Fsp3) is 0.556. The molecule has 1 saturated heterocycles. The quantitative estimate of drug-likeness (QED) is 0.527. The molecule has 1 aliphatic rings. The third-order valence-electron chi connectivity index (χ3n) is 4.21. The number of hydrogen-bond donors (Lipinski definition) is 3. The lowest BCUT2D eigenvalue weighted by Crippen LogP contribution is -2.42. The largest absolute Gasteiger partial charge is 0.497 e. The number of ether oxygens (including phenoxy) is 2. The molecule has 0 saturated carbocycles. The van der Waals surface area contributed by atoms with Crippen LogP contribution in [0.3, 0.4) is 0 Å². The van der Waals surface area contributed by atoms with E-state index in [0.29, 0.717) is 18.0 Å².